The van der Waals surface area contributed by atoms with Gasteiger partial charge in [0.2, 0.25) is 5.91 Å². The van der Waals surface area contributed by atoms with Gasteiger partial charge in [-0.25, -0.2) is 0 Å². The van der Waals surface area contributed by atoms with Gasteiger partial charge in [-0.3, -0.25) is 4.79 Å². The number of methoxy groups -OCH3 is 2. The first kappa shape index (κ1) is 32.2. The number of para-hydroxylation sites is 1. The molecule has 1 heterocycles. The summed E-state index contributed by atoms with van der Waals surface area (Å²) in [5.41, 5.74) is 4.83. The Morgan fingerprint density at radius 2 is 1.58 bits per heavy atom. The van der Waals surface area contributed by atoms with Crippen molar-refractivity contribution in [2.24, 2.45) is 0 Å². The summed E-state index contributed by atoms with van der Waals surface area (Å²) in [6.45, 7) is 2.74. The fourth-order valence-corrected chi connectivity index (χ4v) is 6.06. The number of amides is 1. The summed E-state index contributed by atoms with van der Waals surface area (Å²) in [6, 6.07) is 28.8. The minimum Gasteiger partial charge on any atom is -0.493 e. The van der Waals surface area contributed by atoms with Gasteiger partial charge in [-0.2, -0.15) is 5.26 Å². The number of hydrogen-bond acceptors (Lipinski definition) is 6. The Morgan fingerprint density at radius 3 is 2.24 bits per heavy atom. The number of nitriles is 1. The van der Waals surface area contributed by atoms with E-state index in [2.05, 4.69) is 35.2 Å². The largest absolute Gasteiger partial charge is 0.493 e. The van der Waals surface area contributed by atoms with Crippen LogP contribution in [0.1, 0.15) is 30.0 Å². The first-order valence-electron chi connectivity index (χ1n) is 14.8. The molecule has 0 aliphatic carbocycles. The summed E-state index contributed by atoms with van der Waals surface area (Å²) in [6.07, 6.45) is 2.30. The zero-order chi connectivity index (χ0) is 31.9. The zero-order valence-corrected chi connectivity index (χ0v) is 27.2. The van der Waals surface area contributed by atoms with Gasteiger partial charge in [0.05, 0.1) is 41.6 Å². The third-order valence-corrected chi connectivity index (χ3v) is 9.07. The average Bonchev–Trinajstić information content (AvgIpc) is 3.60. The zero-order valence-electron chi connectivity index (χ0n) is 25.7. The summed E-state index contributed by atoms with van der Waals surface area (Å²) < 4.78 is 10.9. The molecule has 1 amide bonds. The van der Waals surface area contributed by atoms with Crippen molar-refractivity contribution in [1.29, 1.82) is 5.26 Å². The van der Waals surface area contributed by atoms with E-state index in [0.717, 1.165) is 49.2 Å². The Hall–Kier alpha value is -4.22. The SMILES string of the molecule is COc1ccc(-c2ccc(C(CN3CCCC3)N(C)C(=O)CN(c3ccc(Cl)c(Cl)c3)c3ccccc3C#N)cc2)cc1OC. The van der Waals surface area contributed by atoms with Gasteiger partial charge in [0, 0.05) is 19.3 Å². The average molecular weight is 644 g/mol. The van der Waals surface area contributed by atoms with Gasteiger partial charge in [-0.05, 0) is 85.1 Å². The number of hydrogen-bond donors (Lipinski definition) is 0. The number of likely N-dealkylation sites (N-methyl/N-ethyl adjacent to an activating group) is 1. The number of benzene rings is 4. The minimum atomic E-state index is -0.183. The van der Waals surface area contributed by atoms with Crippen molar-refractivity contribution < 1.29 is 14.3 Å². The van der Waals surface area contributed by atoms with E-state index in [1.54, 1.807) is 38.5 Å². The number of likely N-dealkylation sites (tertiary alicyclic amines) is 1. The molecule has 4 aromatic carbocycles. The highest BCUT2D eigenvalue weighted by molar-refractivity contribution is 6.42. The van der Waals surface area contributed by atoms with Gasteiger partial charge in [0.25, 0.3) is 0 Å². The molecule has 232 valence electrons. The van der Waals surface area contributed by atoms with Crippen molar-refractivity contribution in [3.05, 3.63) is 106 Å². The molecule has 1 atom stereocenters. The Bertz CT molecular complexity index is 1680. The number of carbonyl (C=O) groups excluding carboxylic acids is 1. The Morgan fingerprint density at radius 1 is 0.889 bits per heavy atom. The van der Waals surface area contributed by atoms with E-state index in [1.165, 1.54) is 0 Å². The lowest BCUT2D eigenvalue weighted by Crippen LogP contribution is -2.42. The van der Waals surface area contributed by atoms with Crippen LogP contribution >= 0.6 is 23.2 Å². The maximum Gasteiger partial charge on any atom is 0.242 e. The van der Waals surface area contributed by atoms with Crippen LogP contribution in [0.15, 0.2) is 84.9 Å². The van der Waals surface area contributed by atoms with Crippen LogP contribution in [0.4, 0.5) is 11.4 Å². The van der Waals surface area contributed by atoms with Gasteiger partial charge >= 0.3 is 0 Å². The first-order chi connectivity index (χ1) is 21.8. The Kier molecular flexibility index (Phi) is 10.5. The van der Waals surface area contributed by atoms with Crippen molar-refractivity contribution in [2.45, 2.75) is 18.9 Å². The molecule has 7 nitrogen and oxygen atoms in total. The molecule has 9 heteroatoms. The van der Waals surface area contributed by atoms with Crippen molar-refractivity contribution in [3.8, 4) is 28.7 Å². The smallest absolute Gasteiger partial charge is 0.242 e. The van der Waals surface area contributed by atoms with Crippen LogP contribution in [0.3, 0.4) is 0 Å². The number of anilines is 2. The fraction of sp³-hybridized carbons (Fsp3) is 0.278. The number of halogens is 2. The minimum absolute atomic E-state index is 0.00732. The third kappa shape index (κ3) is 7.37. The fourth-order valence-electron chi connectivity index (χ4n) is 5.77. The molecule has 0 aromatic heterocycles. The number of rotatable bonds is 11. The lowest BCUT2D eigenvalue weighted by molar-refractivity contribution is -0.130. The molecule has 0 saturated carbocycles. The molecule has 1 fully saturated rings. The molecule has 0 N–H and O–H groups in total. The molecule has 0 spiro atoms. The molecule has 1 aliphatic heterocycles. The van der Waals surface area contributed by atoms with E-state index in [4.69, 9.17) is 32.7 Å². The number of nitrogens with zero attached hydrogens (tertiary/aromatic N) is 4. The summed E-state index contributed by atoms with van der Waals surface area (Å²) >= 11 is 12.6. The second kappa shape index (κ2) is 14.7. The summed E-state index contributed by atoms with van der Waals surface area (Å²) in [4.78, 5) is 20.2. The topological polar surface area (TPSA) is 69.0 Å². The summed E-state index contributed by atoms with van der Waals surface area (Å²) in [5.74, 6) is 1.25. The van der Waals surface area contributed by atoms with E-state index >= 15 is 0 Å². The van der Waals surface area contributed by atoms with Crippen LogP contribution < -0.4 is 14.4 Å². The van der Waals surface area contributed by atoms with E-state index in [9.17, 15) is 10.1 Å². The Balaban J connectivity index is 1.45. The van der Waals surface area contributed by atoms with Gasteiger partial charge < -0.3 is 24.2 Å². The van der Waals surface area contributed by atoms with E-state index in [0.29, 0.717) is 38.5 Å². The van der Waals surface area contributed by atoms with Gasteiger partial charge in [-0.1, -0.05) is 65.7 Å². The number of carbonyl (C=O) groups is 1. The monoisotopic (exact) mass is 642 g/mol. The molecule has 4 aromatic rings. The normalized spacial score (nSPS) is 13.6. The Labute approximate surface area is 275 Å². The molecule has 0 bridgehead atoms. The summed E-state index contributed by atoms with van der Waals surface area (Å²) in [7, 11) is 5.10. The van der Waals surface area contributed by atoms with Crippen LogP contribution in [0.25, 0.3) is 11.1 Å². The molecule has 1 unspecified atom stereocenters. The highest BCUT2D eigenvalue weighted by atomic mass is 35.5. The highest BCUT2D eigenvalue weighted by Gasteiger charge is 2.28. The molecular weight excluding hydrogens is 607 g/mol. The quantitative estimate of drug-likeness (QED) is 0.165. The maximum absolute atomic E-state index is 14.2. The van der Waals surface area contributed by atoms with Gasteiger partial charge in [0.1, 0.15) is 12.6 Å². The molecule has 5 rings (SSSR count). The molecule has 45 heavy (non-hydrogen) atoms. The van der Waals surface area contributed by atoms with E-state index < -0.39 is 0 Å². The second-order valence-corrected chi connectivity index (χ2v) is 11.8. The van der Waals surface area contributed by atoms with E-state index in [1.807, 2.05) is 53.2 Å². The predicted molar refractivity (Wildman–Crippen MR) is 181 cm³/mol. The highest BCUT2D eigenvalue weighted by Crippen LogP contribution is 2.35. The van der Waals surface area contributed by atoms with Crippen molar-refractivity contribution in [2.75, 3.05) is 52.3 Å². The second-order valence-electron chi connectivity index (χ2n) is 11.0. The van der Waals surface area contributed by atoms with Crippen molar-refractivity contribution >= 4 is 40.5 Å². The predicted octanol–water partition coefficient (Wildman–Crippen LogP) is 7.98. The van der Waals surface area contributed by atoms with Crippen molar-refractivity contribution in [1.82, 2.24) is 9.80 Å². The van der Waals surface area contributed by atoms with Crippen LogP contribution in [-0.2, 0) is 4.79 Å². The standard InChI is InChI=1S/C36H36Cl2N4O3/c1-40(36(43)24-42(29-15-16-30(37)31(38)21-29)32-9-5-4-8-28(32)22-39)33(23-41-18-6-7-19-41)26-12-10-25(11-13-26)27-14-17-34(44-2)35(20-27)45-3/h4-5,8-17,20-21,33H,6-7,18-19,23-24H2,1-3H3. The van der Waals surface area contributed by atoms with Crippen LogP contribution in [0, 0.1) is 11.3 Å². The van der Waals surface area contributed by atoms with Crippen LogP contribution in [0.5, 0.6) is 11.5 Å². The summed E-state index contributed by atoms with van der Waals surface area (Å²) in [5, 5.41) is 10.7. The maximum atomic E-state index is 14.2. The molecule has 1 aliphatic rings. The van der Waals surface area contributed by atoms with Gasteiger partial charge in [0.15, 0.2) is 11.5 Å². The lowest BCUT2D eigenvalue weighted by atomic mass is 9.99. The first-order valence-corrected chi connectivity index (χ1v) is 15.6. The molecular formula is C36H36Cl2N4O3. The molecule has 1 saturated heterocycles. The van der Waals surface area contributed by atoms with Gasteiger partial charge in [-0.15, -0.1) is 0 Å². The number of ether oxygens (including phenoxy) is 2. The molecule has 0 radical (unpaired) electrons. The third-order valence-electron chi connectivity index (χ3n) is 8.33. The van der Waals surface area contributed by atoms with Crippen molar-refractivity contribution in [3.63, 3.8) is 0 Å². The van der Waals surface area contributed by atoms with Crippen LogP contribution in [0.2, 0.25) is 10.0 Å². The van der Waals surface area contributed by atoms with Crippen LogP contribution in [-0.4, -0.2) is 63.2 Å². The lowest BCUT2D eigenvalue weighted by Gasteiger charge is -2.34. The van der Waals surface area contributed by atoms with E-state index in [-0.39, 0.29) is 18.5 Å².